The largest absolute Gasteiger partial charge is 0.344 e. The van der Waals surface area contributed by atoms with Gasteiger partial charge in [0.25, 0.3) is 0 Å². The standard InChI is InChI=1S/C6H11N2O2P.C4H9N.C2H5NO2/c9-6-7-3-1-2-5(4-7)8(6)10-11;1-2-4-5-3-1;1-5-3-2-4/h5H,1-4,11H2;5H,1-4H2;2H,1H3,(H,3,4)/t5-;;/m1../s1. The molecule has 0 aromatic heterocycles. The molecule has 3 saturated heterocycles. The van der Waals surface area contributed by atoms with Crippen LogP contribution in [0.25, 0.3) is 0 Å². The Hall–Kier alpha value is -0.950. The van der Waals surface area contributed by atoms with Crippen LogP contribution in [0.15, 0.2) is 0 Å². The topological polar surface area (TPSA) is 83.1 Å². The SMILES string of the molecule is C1CCNC1.CONC=O.O=C1N2CCC[C@H](C2)N1OP. The molecular weight excluding hydrogens is 295 g/mol. The van der Waals surface area contributed by atoms with E-state index in [2.05, 4.69) is 19.6 Å². The number of hydrogen-bond donors (Lipinski definition) is 2. The van der Waals surface area contributed by atoms with Crippen LogP contribution in [0.4, 0.5) is 4.79 Å². The Labute approximate surface area is 127 Å². The number of hydroxylamine groups is 3. The molecular formula is C12H25N4O4P. The maximum atomic E-state index is 11.3. The lowest BCUT2D eigenvalue weighted by molar-refractivity contribution is -0.118. The van der Waals surface area contributed by atoms with Gasteiger partial charge in [-0.05, 0) is 38.8 Å². The van der Waals surface area contributed by atoms with E-state index in [-0.39, 0.29) is 12.1 Å². The van der Waals surface area contributed by atoms with E-state index >= 15 is 0 Å². The molecule has 2 N–H and O–H groups in total. The van der Waals surface area contributed by atoms with Crippen molar-refractivity contribution in [1.82, 2.24) is 20.8 Å². The molecule has 3 rings (SSSR count). The van der Waals surface area contributed by atoms with Crippen LogP contribution >= 0.6 is 9.47 Å². The number of nitrogens with zero attached hydrogens (tertiary/aromatic N) is 2. The summed E-state index contributed by atoms with van der Waals surface area (Å²) in [5.74, 6) is 0. The van der Waals surface area contributed by atoms with Crippen LogP contribution in [0.3, 0.4) is 0 Å². The average molecular weight is 320 g/mol. The van der Waals surface area contributed by atoms with E-state index in [4.69, 9.17) is 9.42 Å². The van der Waals surface area contributed by atoms with Crippen LogP contribution in [-0.4, -0.2) is 61.7 Å². The molecule has 0 radical (unpaired) electrons. The first-order chi connectivity index (χ1) is 10.2. The number of amides is 3. The van der Waals surface area contributed by atoms with Crippen LogP contribution in [0.2, 0.25) is 0 Å². The molecule has 3 aliphatic rings. The molecule has 3 amide bonds. The summed E-state index contributed by atoms with van der Waals surface area (Å²) in [5.41, 5.74) is 1.93. The van der Waals surface area contributed by atoms with E-state index in [1.54, 1.807) is 0 Å². The Morgan fingerprint density at radius 3 is 2.48 bits per heavy atom. The van der Waals surface area contributed by atoms with E-state index in [0.717, 1.165) is 25.9 Å². The second-order valence-corrected chi connectivity index (χ2v) is 5.06. The molecule has 8 nitrogen and oxygen atoms in total. The summed E-state index contributed by atoms with van der Waals surface area (Å²) in [6, 6.07) is 0.302. The van der Waals surface area contributed by atoms with Gasteiger partial charge < -0.3 is 10.2 Å². The van der Waals surface area contributed by atoms with Gasteiger partial charge in [-0.3, -0.25) is 14.3 Å². The summed E-state index contributed by atoms with van der Waals surface area (Å²) in [7, 11) is 3.49. The normalized spacial score (nSPS) is 23.0. The predicted molar refractivity (Wildman–Crippen MR) is 80.9 cm³/mol. The summed E-state index contributed by atoms with van der Waals surface area (Å²) in [6.45, 7) is 4.23. The lowest BCUT2D eigenvalue weighted by atomic mass is 10.1. The van der Waals surface area contributed by atoms with Crippen molar-refractivity contribution in [3.63, 3.8) is 0 Å². The zero-order valence-corrected chi connectivity index (χ0v) is 13.6. The zero-order valence-electron chi connectivity index (χ0n) is 12.4. The summed E-state index contributed by atoms with van der Waals surface area (Å²) in [4.78, 5) is 26.4. The van der Waals surface area contributed by atoms with Gasteiger partial charge in [-0.25, -0.2) is 10.3 Å². The lowest BCUT2D eigenvalue weighted by Gasteiger charge is -2.20. The summed E-state index contributed by atoms with van der Waals surface area (Å²) in [6.07, 6.45) is 5.40. The van der Waals surface area contributed by atoms with Crippen molar-refractivity contribution in [2.75, 3.05) is 33.3 Å². The Bertz CT molecular complexity index is 310. The van der Waals surface area contributed by atoms with Gasteiger partial charge >= 0.3 is 6.03 Å². The van der Waals surface area contributed by atoms with E-state index in [9.17, 15) is 4.79 Å². The molecule has 122 valence electrons. The number of nitrogens with one attached hydrogen (secondary N) is 2. The number of hydrogen-bond acceptors (Lipinski definition) is 5. The maximum absolute atomic E-state index is 11.3. The van der Waals surface area contributed by atoms with Gasteiger partial charge in [-0.2, -0.15) is 5.06 Å². The first-order valence-corrected chi connectivity index (χ1v) is 7.59. The minimum absolute atomic E-state index is 0.0162. The van der Waals surface area contributed by atoms with Crippen LogP contribution in [0.1, 0.15) is 25.7 Å². The van der Waals surface area contributed by atoms with Crippen LogP contribution in [0, 0.1) is 0 Å². The highest BCUT2D eigenvalue weighted by Gasteiger charge is 2.40. The summed E-state index contributed by atoms with van der Waals surface area (Å²) < 4.78 is 4.90. The Morgan fingerprint density at radius 2 is 2.10 bits per heavy atom. The van der Waals surface area contributed by atoms with E-state index in [1.807, 2.05) is 10.4 Å². The van der Waals surface area contributed by atoms with Gasteiger partial charge in [0.15, 0.2) is 0 Å². The lowest BCUT2D eigenvalue weighted by Crippen LogP contribution is -2.30. The third-order valence-corrected chi connectivity index (χ3v) is 3.65. The second-order valence-electron chi connectivity index (χ2n) is 4.85. The van der Waals surface area contributed by atoms with Crippen molar-refractivity contribution < 1.29 is 19.1 Å². The molecule has 0 aliphatic carbocycles. The average Bonchev–Trinajstić information content (AvgIpc) is 3.14. The quantitative estimate of drug-likeness (QED) is 0.443. The molecule has 2 atom stereocenters. The van der Waals surface area contributed by atoms with Gasteiger partial charge in [0, 0.05) is 22.6 Å². The number of fused-ring (bicyclic) bond motifs is 2. The summed E-state index contributed by atoms with van der Waals surface area (Å²) in [5, 5.41) is 4.68. The molecule has 0 saturated carbocycles. The number of carbonyl (C=O) groups is 2. The highest BCUT2D eigenvalue weighted by molar-refractivity contribution is 7.09. The Morgan fingerprint density at radius 1 is 1.38 bits per heavy atom. The van der Waals surface area contributed by atoms with E-state index < -0.39 is 0 Å². The van der Waals surface area contributed by atoms with Gasteiger partial charge in [-0.15, -0.1) is 0 Å². The van der Waals surface area contributed by atoms with Crippen LogP contribution < -0.4 is 10.8 Å². The third-order valence-electron chi connectivity index (χ3n) is 3.42. The first-order valence-electron chi connectivity index (χ1n) is 7.12. The van der Waals surface area contributed by atoms with Gasteiger partial charge in [-0.1, -0.05) is 0 Å². The van der Waals surface area contributed by atoms with Crippen molar-refractivity contribution in [1.29, 1.82) is 0 Å². The molecule has 0 spiro atoms. The second kappa shape index (κ2) is 10.7. The van der Waals surface area contributed by atoms with Crippen molar-refractivity contribution in [3.05, 3.63) is 0 Å². The first kappa shape index (κ1) is 18.1. The maximum Gasteiger partial charge on any atom is 0.344 e. The molecule has 9 heteroatoms. The Balaban J connectivity index is 0.000000185. The number of urea groups is 1. The third kappa shape index (κ3) is 6.13. The van der Waals surface area contributed by atoms with Crippen molar-refractivity contribution in [3.8, 4) is 0 Å². The summed E-state index contributed by atoms with van der Waals surface area (Å²) >= 11 is 0. The predicted octanol–water partition coefficient (Wildman–Crippen LogP) is 0.272. The fourth-order valence-electron chi connectivity index (χ4n) is 2.42. The van der Waals surface area contributed by atoms with Crippen molar-refractivity contribution >= 4 is 21.9 Å². The molecule has 3 heterocycles. The van der Waals surface area contributed by atoms with Crippen LogP contribution in [-0.2, 0) is 14.3 Å². The molecule has 0 aromatic carbocycles. The van der Waals surface area contributed by atoms with E-state index in [1.165, 1.54) is 38.1 Å². The highest BCUT2D eigenvalue weighted by Crippen LogP contribution is 2.26. The van der Waals surface area contributed by atoms with Gasteiger partial charge in [0.2, 0.25) is 6.41 Å². The van der Waals surface area contributed by atoms with Crippen molar-refractivity contribution in [2.24, 2.45) is 0 Å². The van der Waals surface area contributed by atoms with Gasteiger partial charge in [0.1, 0.15) is 0 Å². The molecule has 1 unspecified atom stereocenters. The van der Waals surface area contributed by atoms with Gasteiger partial charge in [0.05, 0.1) is 13.2 Å². The molecule has 0 aromatic rings. The molecule has 21 heavy (non-hydrogen) atoms. The minimum atomic E-state index is 0.0162. The number of carbonyl (C=O) groups excluding carboxylic acids is 2. The monoisotopic (exact) mass is 320 g/mol. The molecule has 2 bridgehead atoms. The number of piperidine rings is 1. The zero-order chi connectivity index (χ0) is 15.5. The van der Waals surface area contributed by atoms with Crippen molar-refractivity contribution in [2.45, 2.75) is 31.7 Å². The van der Waals surface area contributed by atoms with E-state index in [0.29, 0.717) is 6.41 Å². The minimum Gasteiger partial charge on any atom is -0.321 e. The molecule has 3 fully saturated rings. The number of rotatable bonds is 3. The fraction of sp³-hybridized carbons (Fsp3) is 0.833. The highest BCUT2D eigenvalue weighted by atomic mass is 31.0. The molecule has 3 aliphatic heterocycles. The smallest absolute Gasteiger partial charge is 0.321 e. The fourth-order valence-corrected chi connectivity index (χ4v) is 2.68. The van der Waals surface area contributed by atoms with Crippen LogP contribution in [0.5, 0.6) is 0 Å². The Kier molecular flexibility index (Phi) is 9.25.